The fourth-order valence-electron chi connectivity index (χ4n) is 1.76. The van der Waals surface area contributed by atoms with Gasteiger partial charge in [-0.15, -0.1) is 17.7 Å². The van der Waals surface area contributed by atoms with E-state index in [1.807, 2.05) is 11.8 Å². The third kappa shape index (κ3) is 4.78. The summed E-state index contributed by atoms with van der Waals surface area (Å²) in [5, 5.41) is 0. The molecule has 1 rings (SSSR count). The number of thioether (sulfide) groups is 1. The number of rotatable bonds is 5. The van der Waals surface area contributed by atoms with Crippen molar-refractivity contribution in [2.75, 3.05) is 5.75 Å². The minimum atomic E-state index is 0.430. The molecular formula is C17H24S. The predicted octanol–water partition coefficient (Wildman–Crippen LogP) is 5.34. The molecule has 0 nitrogen and oxygen atoms in total. The topological polar surface area (TPSA) is 0 Å². The van der Waals surface area contributed by atoms with Crippen molar-refractivity contribution < 1.29 is 0 Å². The van der Waals surface area contributed by atoms with E-state index in [2.05, 4.69) is 63.8 Å². The Morgan fingerprint density at radius 2 is 1.78 bits per heavy atom. The summed E-state index contributed by atoms with van der Waals surface area (Å²) in [6.45, 7) is 8.80. The van der Waals surface area contributed by atoms with Crippen molar-refractivity contribution in [1.82, 2.24) is 0 Å². The van der Waals surface area contributed by atoms with E-state index >= 15 is 0 Å². The molecular weight excluding hydrogens is 236 g/mol. The highest BCUT2D eigenvalue weighted by atomic mass is 32.2. The van der Waals surface area contributed by atoms with Crippen LogP contribution in [0.25, 0.3) is 0 Å². The van der Waals surface area contributed by atoms with Crippen LogP contribution in [0.4, 0.5) is 0 Å². The molecule has 1 heteroatoms. The molecule has 0 N–H and O–H groups in total. The second-order valence-corrected chi connectivity index (χ2v) is 5.84. The minimum Gasteiger partial charge on any atom is -0.126 e. The highest BCUT2D eigenvalue weighted by Gasteiger charge is 2.11. The summed E-state index contributed by atoms with van der Waals surface area (Å²) in [5.74, 6) is 8.65. The quantitative estimate of drug-likeness (QED) is 0.508. The van der Waals surface area contributed by atoms with E-state index in [9.17, 15) is 0 Å². The summed E-state index contributed by atoms with van der Waals surface area (Å²) >= 11 is 1.94. The Bertz CT molecular complexity index is 394. The van der Waals surface area contributed by atoms with Crippen LogP contribution < -0.4 is 0 Å². The van der Waals surface area contributed by atoms with Gasteiger partial charge in [0.15, 0.2) is 0 Å². The van der Waals surface area contributed by atoms with Crippen LogP contribution in [0, 0.1) is 17.8 Å². The lowest BCUT2D eigenvalue weighted by Crippen LogP contribution is -2.03. The summed E-state index contributed by atoms with van der Waals surface area (Å²) in [7, 11) is 0. The molecule has 98 valence electrons. The smallest absolute Gasteiger partial charge is 0.0240 e. The molecule has 0 aliphatic rings. The first-order valence-electron chi connectivity index (χ1n) is 6.90. The third-order valence-corrected chi connectivity index (χ3v) is 4.35. The normalized spacial score (nSPS) is 13.6. The predicted molar refractivity (Wildman–Crippen MR) is 83.1 cm³/mol. The molecule has 0 aliphatic heterocycles. The van der Waals surface area contributed by atoms with Gasteiger partial charge in [0.05, 0.1) is 0 Å². The summed E-state index contributed by atoms with van der Waals surface area (Å²) < 4.78 is 0. The molecule has 0 radical (unpaired) electrons. The van der Waals surface area contributed by atoms with Crippen LogP contribution in [0.5, 0.6) is 0 Å². The number of hydrogen-bond acceptors (Lipinski definition) is 1. The van der Waals surface area contributed by atoms with Crippen LogP contribution in [0.1, 0.15) is 52.0 Å². The molecule has 2 unspecified atom stereocenters. The molecule has 0 amide bonds. The summed E-state index contributed by atoms with van der Waals surface area (Å²) in [6, 6.07) is 9.00. The third-order valence-electron chi connectivity index (χ3n) is 3.14. The van der Waals surface area contributed by atoms with Crippen LogP contribution in [-0.4, -0.2) is 5.75 Å². The molecule has 18 heavy (non-hydrogen) atoms. The Hall–Kier alpha value is -0.870. The van der Waals surface area contributed by atoms with Gasteiger partial charge in [0.25, 0.3) is 0 Å². The molecule has 0 fully saturated rings. The molecule has 1 aromatic rings. The van der Waals surface area contributed by atoms with Crippen molar-refractivity contribution >= 4 is 11.8 Å². The molecule has 0 saturated carbocycles. The zero-order valence-electron chi connectivity index (χ0n) is 12.0. The zero-order chi connectivity index (χ0) is 13.4. The molecule has 0 saturated heterocycles. The summed E-state index contributed by atoms with van der Waals surface area (Å²) in [4.78, 5) is 1.38. The van der Waals surface area contributed by atoms with E-state index in [1.54, 1.807) is 0 Å². The van der Waals surface area contributed by atoms with Crippen molar-refractivity contribution in [2.45, 2.75) is 51.3 Å². The van der Waals surface area contributed by atoms with Crippen LogP contribution in [0.2, 0.25) is 0 Å². The number of hydrogen-bond donors (Lipinski definition) is 0. The Morgan fingerprint density at radius 1 is 1.11 bits per heavy atom. The maximum absolute atomic E-state index is 3.32. The van der Waals surface area contributed by atoms with Gasteiger partial charge in [-0.1, -0.05) is 45.7 Å². The van der Waals surface area contributed by atoms with Crippen molar-refractivity contribution in [1.29, 1.82) is 0 Å². The van der Waals surface area contributed by atoms with Gasteiger partial charge in [-0.2, -0.15) is 0 Å². The summed E-state index contributed by atoms with van der Waals surface area (Å²) in [6.07, 6.45) is 2.18. The Labute approximate surface area is 117 Å². The van der Waals surface area contributed by atoms with E-state index in [0.717, 1.165) is 6.42 Å². The maximum atomic E-state index is 3.32. The van der Waals surface area contributed by atoms with Crippen LogP contribution in [0.3, 0.4) is 0 Å². The van der Waals surface area contributed by atoms with Crippen molar-refractivity contribution in [3.8, 4) is 11.8 Å². The van der Waals surface area contributed by atoms with Gasteiger partial charge in [-0.25, -0.2) is 0 Å². The van der Waals surface area contributed by atoms with E-state index in [-0.39, 0.29) is 0 Å². The van der Waals surface area contributed by atoms with Crippen LogP contribution in [-0.2, 0) is 0 Å². The highest BCUT2D eigenvalue weighted by molar-refractivity contribution is 7.99. The van der Waals surface area contributed by atoms with Crippen molar-refractivity contribution in [2.24, 2.45) is 5.92 Å². The SMILES string of the molecule is CCC#CC(C)C(C)c1ccc(SCCC)cc1. The summed E-state index contributed by atoms with van der Waals surface area (Å²) in [5.41, 5.74) is 1.40. The van der Waals surface area contributed by atoms with Gasteiger partial charge >= 0.3 is 0 Å². The molecule has 2 atom stereocenters. The fourth-order valence-corrected chi connectivity index (χ4v) is 2.53. The Kier molecular flexibility index (Phi) is 6.98. The molecule has 0 spiro atoms. The lowest BCUT2D eigenvalue weighted by Gasteiger charge is -2.15. The van der Waals surface area contributed by atoms with E-state index in [1.165, 1.54) is 22.6 Å². The second-order valence-electron chi connectivity index (χ2n) is 4.67. The zero-order valence-corrected chi connectivity index (χ0v) is 12.8. The van der Waals surface area contributed by atoms with Gasteiger partial charge < -0.3 is 0 Å². The van der Waals surface area contributed by atoms with Gasteiger partial charge in [0.2, 0.25) is 0 Å². The van der Waals surface area contributed by atoms with Crippen molar-refractivity contribution in [3.63, 3.8) is 0 Å². The molecule has 0 aromatic heterocycles. The molecule has 0 heterocycles. The minimum absolute atomic E-state index is 0.430. The van der Waals surface area contributed by atoms with Gasteiger partial charge in [0.1, 0.15) is 0 Å². The molecule has 1 aromatic carbocycles. The number of benzene rings is 1. The Balaban J connectivity index is 2.66. The van der Waals surface area contributed by atoms with Gasteiger partial charge in [-0.3, -0.25) is 0 Å². The van der Waals surface area contributed by atoms with Crippen molar-refractivity contribution in [3.05, 3.63) is 29.8 Å². The first-order valence-corrected chi connectivity index (χ1v) is 7.88. The maximum Gasteiger partial charge on any atom is 0.0240 e. The van der Waals surface area contributed by atoms with Crippen LogP contribution >= 0.6 is 11.8 Å². The van der Waals surface area contributed by atoms with E-state index < -0.39 is 0 Å². The first-order chi connectivity index (χ1) is 8.69. The standard InChI is InChI=1S/C17H24S/c1-5-7-8-14(3)15(4)16-9-11-17(12-10-16)18-13-6-2/h9-12,14-15H,5-6,13H2,1-4H3. The fraction of sp³-hybridized carbons (Fsp3) is 0.529. The lowest BCUT2D eigenvalue weighted by atomic mass is 9.89. The van der Waals surface area contributed by atoms with E-state index in [0.29, 0.717) is 11.8 Å². The monoisotopic (exact) mass is 260 g/mol. The van der Waals surface area contributed by atoms with Crippen LogP contribution in [0.15, 0.2) is 29.2 Å². The molecule has 0 aliphatic carbocycles. The van der Waals surface area contributed by atoms with Gasteiger partial charge in [-0.05, 0) is 35.8 Å². The average Bonchev–Trinajstić information content (AvgIpc) is 2.42. The Morgan fingerprint density at radius 3 is 2.33 bits per heavy atom. The highest BCUT2D eigenvalue weighted by Crippen LogP contribution is 2.26. The average molecular weight is 260 g/mol. The largest absolute Gasteiger partial charge is 0.126 e. The first kappa shape index (κ1) is 15.2. The second kappa shape index (κ2) is 8.27. The lowest BCUT2D eigenvalue weighted by molar-refractivity contribution is 0.609. The van der Waals surface area contributed by atoms with Gasteiger partial charge in [0, 0.05) is 17.2 Å². The molecule has 0 bridgehead atoms. The van der Waals surface area contributed by atoms with E-state index in [4.69, 9.17) is 0 Å².